The van der Waals surface area contributed by atoms with Crippen molar-refractivity contribution >= 4 is 34.0 Å². The van der Waals surface area contributed by atoms with E-state index in [-0.39, 0.29) is 5.97 Å². The van der Waals surface area contributed by atoms with Crippen LogP contribution in [0.4, 0.5) is 0 Å². The van der Waals surface area contributed by atoms with Crippen LogP contribution in [0.25, 0.3) is 0 Å². The quantitative estimate of drug-likeness (QED) is 0.112. The average Bonchev–Trinajstić information content (AvgIpc) is 2.94. The lowest BCUT2D eigenvalue weighted by Gasteiger charge is -2.44. The first-order chi connectivity index (χ1) is 18.2. The molecule has 0 saturated heterocycles. The number of nitrogens with zero attached hydrogens (tertiary/aromatic N) is 1. The first kappa shape index (κ1) is 28.7. The van der Waals surface area contributed by atoms with E-state index in [1.165, 1.54) is 21.9 Å². The molecule has 0 saturated carbocycles. The minimum absolute atomic E-state index is 0.290. The van der Waals surface area contributed by atoms with E-state index in [4.69, 9.17) is 4.74 Å². The third kappa shape index (κ3) is 7.56. The molecule has 0 unspecified atom stereocenters. The number of ether oxygens (including phenoxy) is 1. The number of carbonyl (C=O) groups is 1. The van der Waals surface area contributed by atoms with Gasteiger partial charge in [0, 0.05) is 12.0 Å². The Kier molecular flexibility index (Phi) is 10.3. The lowest BCUT2D eigenvalue weighted by Crippen LogP contribution is -2.74. The number of hydrogen-bond acceptors (Lipinski definition) is 2. The van der Waals surface area contributed by atoms with Crippen molar-refractivity contribution in [1.29, 1.82) is 0 Å². The number of esters is 1. The lowest BCUT2D eigenvalue weighted by atomic mass is 9.13. The van der Waals surface area contributed by atoms with Crippen LogP contribution in [0.5, 0.6) is 0 Å². The molecule has 0 spiro atoms. The van der Waals surface area contributed by atoms with Gasteiger partial charge in [0.2, 0.25) is 0 Å². The smallest absolute Gasteiger partial charge is 0.333 e. The highest BCUT2D eigenvalue weighted by atomic mass is 16.5. The topological polar surface area (TPSA) is 26.3 Å². The van der Waals surface area contributed by atoms with E-state index in [0.29, 0.717) is 12.2 Å². The monoisotopic (exact) mass is 505 g/mol. The van der Waals surface area contributed by atoms with Crippen LogP contribution in [0, 0.1) is 0 Å². The number of hydrogen-bond donors (Lipinski definition) is 0. The summed E-state index contributed by atoms with van der Waals surface area (Å²) in [6.45, 7) is 6.65. The standard InChI is InChI=1S/C24H20B.C10H20NO2/c1-5-13-21(14-6-1)25(22-15-7-2-8-16-22,23-17-9-3-10-18-23)24-19-11-4-12-20-24;1-9(2)10(12)13-8-6-7-11(3,4)5/h1-20H;1,6-8H2,2-5H3/q-1;+1. The molecule has 4 heteroatoms. The highest BCUT2D eigenvalue weighted by molar-refractivity contribution is 7.19. The molecule has 0 aliphatic carbocycles. The number of carbonyl (C=O) groups excluding carboxylic acids is 1. The molecule has 38 heavy (non-hydrogen) atoms. The van der Waals surface area contributed by atoms with Gasteiger partial charge in [0.05, 0.1) is 34.3 Å². The van der Waals surface area contributed by atoms with Gasteiger partial charge in [0.15, 0.2) is 0 Å². The molecule has 0 aliphatic heterocycles. The molecule has 0 aromatic heterocycles. The molecule has 4 rings (SSSR count). The summed E-state index contributed by atoms with van der Waals surface area (Å²) < 4.78 is 5.84. The van der Waals surface area contributed by atoms with E-state index in [1.807, 2.05) is 0 Å². The van der Waals surface area contributed by atoms with Crippen molar-refractivity contribution in [3.63, 3.8) is 0 Å². The zero-order chi connectivity index (χ0) is 27.4. The summed E-state index contributed by atoms with van der Waals surface area (Å²) in [5.74, 6) is -0.290. The van der Waals surface area contributed by atoms with Gasteiger partial charge in [0.1, 0.15) is 6.15 Å². The van der Waals surface area contributed by atoms with Gasteiger partial charge in [-0.2, -0.15) is 21.9 Å². The van der Waals surface area contributed by atoms with Gasteiger partial charge in [-0.25, -0.2) is 4.79 Å². The average molecular weight is 506 g/mol. The molecule has 0 aliphatic rings. The van der Waals surface area contributed by atoms with Crippen molar-refractivity contribution in [3.05, 3.63) is 133 Å². The number of rotatable bonds is 9. The fraction of sp³-hybridized carbons (Fsp3) is 0.206. The number of benzene rings is 4. The van der Waals surface area contributed by atoms with Crippen LogP contribution >= 0.6 is 0 Å². The second-order valence-corrected chi connectivity index (χ2v) is 10.8. The Balaban J connectivity index is 0.000000263. The maximum atomic E-state index is 10.9. The maximum absolute atomic E-state index is 10.9. The van der Waals surface area contributed by atoms with Crippen molar-refractivity contribution in [2.75, 3.05) is 34.3 Å². The number of quaternary nitrogens is 1. The Morgan fingerprint density at radius 3 is 1.24 bits per heavy atom. The second-order valence-electron chi connectivity index (χ2n) is 10.8. The largest absolute Gasteiger partial charge is 0.462 e. The highest BCUT2D eigenvalue weighted by Gasteiger charge is 2.31. The van der Waals surface area contributed by atoms with Gasteiger partial charge in [-0.15, -0.1) is 0 Å². The van der Waals surface area contributed by atoms with Crippen molar-refractivity contribution < 1.29 is 14.0 Å². The van der Waals surface area contributed by atoms with Gasteiger partial charge in [0.25, 0.3) is 0 Å². The van der Waals surface area contributed by atoms with Crippen molar-refractivity contribution in [2.24, 2.45) is 0 Å². The summed E-state index contributed by atoms with van der Waals surface area (Å²) in [6.07, 6.45) is -0.324. The van der Waals surface area contributed by atoms with Crippen molar-refractivity contribution in [3.8, 4) is 0 Å². The lowest BCUT2D eigenvalue weighted by molar-refractivity contribution is -0.870. The van der Waals surface area contributed by atoms with Crippen LogP contribution in [0.3, 0.4) is 0 Å². The summed E-state index contributed by atoms with van der Waals surface area (Å²) in [5, 5.41) is 0. The molecule has 0 atom stereocenters. The molecule has 4 aromatic carbocycles. The molecule has 4 aromatic rings. The third-order valence-electron chi connectivity index (χ3n) is 6.75. The Morgan fingerprint density at radius 1 is 0.658 bits per heavy atom. The van der Waals surface area contributed by atoms with Gasteiger partial charge >= 0.3 is 5.97 Å². The summed E-state index contributed by atoms with van der Waals surface area (Å²) >= 11 is 0. The molecule has 3 nitrogen and oxygen atoms in total. The van der Waals surface area contributed by atoms with Crippen molar-refractivity contribution in [2.45, 2.75) is 13.3 Å². The molecule has 0 fully saturated rings. The Morgan fingerprint density at radius 2 is 0.974 bits per heavy atom. The summed E-state index contributed by atoms with van der Waals surface area (Å²) in [5.41, 5.74) is 5.82. The van der Waals surface area contributed by atoms with E-state index in [9.17, 15) is 4.79 Å². The third-order valence-corrected chi connectivity index (χ3v) is 6.75. The van der Waals surface area contributed by atoms with Crippen LogP contribution < -0.4 is 21.9 Å². The molecule has 0 radical (unpaired) electrons. The van der Waals surface area contributed by atoms with Gasteiger partial charge in [-0.3, -0.25) is 0 Å². The van der Waals surface area contributed by atoms with E-state index >= 15 is 0 Å². The predicted octanol–water partition coefficient (Wildman–Crippen LogP) is 4.27. The summed E-state index contributed by atoms with van der Waals surface area (Å²) in [6, 6.07) is 43.5. The molecule has 0 amide bonds. The van der Waals surface area contributed by atoms with Crippen LogP contribution in [0.1, 0.15) is 13.3 Å². The van der Waals surface area contributed by atoms with Gasteiger partial charge < -0.3 is 9.22 Å². The second kappa shape index (κ2) is 13.6. The van der Waals surface area contributed by atoms with Crippen LogP contribution in [-0.4, -0.2) is 50.9 Å². The van der Waals surface area contributed by atoms with E-state index < -0.39 is 6.15 Å². The Labute approximate surface area is 228 Å². The minimum atomic E-state index is -1.22. The highest BCUT2D eigenvalue weighted by Crippen LogP contribution is 2.09. The predicted molar refractivity (Wildman–Crippen MR) is 163 cm³/mol. The zero-order valence-electron chi connectivity index (χ0n) is 23.2. The van der Waals surface area contributed by atoms with E-state index in [1.54, 1.807) is 6.92 Å². The van der Waals surface area contributed by atoms with E-state index in [2.05, 4.69) is 149 Å². The fourth-order valence-corrected chi connectivity index (χ4v) is 4.95. The van der Waals surface area contributed by atoms with Crippen LogP contribution in [0.2, 0.25) is 0 Å². The first-order valence-electron chi connectivity index (χ1n) is 13.3. The van der Waals surface area contributed by atoms with Crippen molar-refractivity contribution in [1.82, 2.24) is 0 Å². The molecule has 0 N–H and O–H groups in total. The fourth-order valence-electron chi connectivity index (χ4n) is 4.95. The van der Waals surface area contributed by atoms with Gasteiger partial charge in [-0.1, -0.05) is 128 Å². The molecule has 196 valence electrons. The normalized spacial score (nSPS) is 11.2. The van der Waals surface area contributed by atoms with E-state index in [0.717, 1.165) is 17.4 Å². The zero-order valence-corrected chi connectivity index (χ0v) is 23.2. The van der Waals surface area contributed by atoms with Gasteiger partial charge in [-0.05, 0) is 6.92 Å². The summed E-state index contributed by atoms with van der Waals surface area (Å²) in [4.78, 5) is 10.9. The molecule has 0 bridgehead atoms. The first-order valence-corrected chi connectivity index (χ1v) is 13.3. The maximum Gasteiger partial charge on any atom is 0.333 e. The van der Waals surface area contributed by atoms with Crippen LogP contribution in [0.15, 0.2) is 133 Å². The molecular formula is C34H40BNO2. The Hall–Kier alpha value is -3.89. The molecular weight excluding hydrogens is 465 g/mol. The SMILES string of the molecule is C=C(C)C(=O)OCCC[N+](C)(C)C.c1ccc([B-](c2ccccc2)(c2ccccc2)c2ccccc2)cc1. The minimum Gasteiger partial charge on any atom is -0.462 e. The summed E-state index contributed by atoms with van der Waals surface area (Å²) in [7, 11) is 6.34. The van der Waals surface area contributed by atoms with Crippen LogP contribution in [-0.2, 0) is 9.53 Å². The molecule has 0 heterocycles. The Bertz CT molecular complexity index is 1100.